The van der Waals surface area contributed by atoms with Crippen LogP contribution in [0.1, 0.15) is 36.1 Å². The molecule has 4 rings (SSSR count). The largest absolute Gasteiger partial charge is 0.507 e. The first-order valence-corrected chi connectivity index (χ1v) is 12.9. The number of nitrogens with zero attached hydrogens (tertiary/aromatic N) is 2. The third kappa shape index (κ3) is 5.63. The van der Waals surface area contributed by atoms with E-state index in [9.17, 15) is 14.7 Å². The van der Waals surface area contributed by atoms with Crippen LogP contribution in [0.4, 0.5) is 0 Å². The molecule has 2 heterocycles. The van der Waals surface area contributed by atoms with Gasteiger partial charge in [0.25, 0.3) is 11.7 Å². The van der Waals surface area contributed by atoms with E-state index >= 15 is 0 Å². The van der Waals surface area contributed by atoms with E-state index in [1.807, 2.05) is 19.9 Å². The van der Waals surface area contributed by atoms with Gasteiger partial charge in [-0.1, -0.05) is 13.0 Å². The molecule has 0 saturated carbocycles. The molecule has 1 atom stereocenters. The molecule has 0 aromatic heterocycles. The third-order valence-corrected chi connectivity index (χ3v) is 6.95. The van der Waals surface area contributed by atoms with E-state index in [-0.39, 0.29) is 11.3 Å². The predicted octanol–water partition coefficient (Wildman–Crippen LogP) is 3.55. The van der Waals surface area contributed by atoms with E-state index in [1.165, 1.54) is 7.11 Å². The lowest BCUT2D eigenvalue weighted by Gasteiger charge is -2.31. The van der Waals surface area contributed by atoms with Gasteiger partial charge in [-0.25, -0.2) is 0 Å². The van der Waals surface area contributed by atoms with Crippen molar-refractivity contribution in [1.82, 2.24) is 9.80 Å². The molecule has 2 aromatic carbocycles. The SMILES string of the molecule is CCCOc1ccc(C(O)=C2C(=O)C(=O)N(CCN3CCOCC3)[C@H]2c2ccc(OC)c(OC)c2)c(C)c1. The van der Waals surface area contributed by atoms with E-state index in [0.717, 1.165) is 25.1 Å². The minimum atomic E-state index is -0.786. The Bertz CT molecular complexity index is 1200. The number of rotatable bonds is 10. The summed E-state index contributed by atoms with van der Waals surface area (Å²) < 4.78 is 22.0. The van der Waals surface area contributed by atoms with E-state index in [4.69, 9.17) is 18.9 Å². The monoisotopic (exact) mass is 524 g/mol. The Morgan fingerprint density at radius 1 is 1.03 bits per heavy atom. The zero-order chi connectivity index (χ0) is 27.2. The number of hydrogen-bond donors (Lipinski definition) is 1. The molecule has 0 aliphatic carbocycles. The van der Waals surface area contributed by atoms with Crippen molar-refractivity contribution in [3.8, 4) is 17.2 Å². The molecule has 204 valence electrons. The van der Waals surface area contributed by atoms with Gasteiger partial charge in [0, 0.05) is 31.7 Å². The fourth-order valence-electron chi connectivity index (χ4n) is 4.91. The summed E-state index contributed by atoms with van der Waals surface area (Å²) in [5.74, 6) is 0.118. The van der Waals surface area contributed by atoms with Crippen molar-refractivity contribution in [2.75, 3.05) is 60.2 Å². The molecular formula is C29H36N2O7. The third-order valence-electron chi connectivity index (χ3n) is 6.95. The number of methoxy groups -OCH3 is 2. The summed E-state index contributed by atoms with van der Waals surface area (Å²) in [6.07, 6.45) is 0.875. The second-order valence-electron chi connectivity index (χ2n) is 9.39. The van der Waals surface area contributed by atoms with Crippen LogP contribution >= 0.6 is 0 Å². The first-order valence-electron chi connectivity index (χ1n) is 12.9. The van der Waals surface area contributed by atoms with Gasteiger partial charge in [0.1, 0.15) is 11.5 Å². The first kappa shape index (κ1) is 27.5. The number of ketones is 1. The highest BCUT2D eigenvalue weighted by molar-refractivity contribution is 6.46. The molecule has 0 bridgehead atoms. The topological polar surface area (TPSA) is 97.8 Å². The van der Waals surface area contributed by atoms with E-state index in [0.29, 0.717) is 61.3 Å². The van der Waals surface area contributed by atoms with Gasteiger partial charge in [-0.3, -0.25) is 14.5 Å². The quantitative estimate of drug-likeness (QED) is 0.286. The maximum atomic E-state index is 13.4. The number of aliphatic hydroxyl groups is 1. The number of aryl methyl sites for hydroxylation is 1. The molecule has 2 aromatic rings. The Morgan fingerprint density at radius 2 is 1.76 bits per heavy atom. The zero-order valence-electron chi connectivity index (χ0n) is 22.5. The molecule has 2 saturated heterocycles. The maximum absolute atomic E-state index is 13.4. The van der Waals surface area contributed by atoms with Crippen LogP contribution in [0.3, 0.4) is 0 Å². The highest BCUT2D eigenvalue weighted by Crippen LogP contribution is 2.42. The summed E-state index contributed by atoms with van der Waals surface area (Å²) in [5, 5.41) is 11.5. The van der Waals surface area contributed by atoms with Crippen LogP contribution < -0.4 is 14.2 Å². The van der Waals surface area contributed by atoms with Gasteiger partial charge in [0.05, 0.1) is 45.7 Å². The van der Waals surface area contributed by atoms with Gasteiger partial charge in [-0.2, -0.15) is 0 Å². The van der Waals surface area contributed by atoms with Crippen LogP contribution in [0, 0.1) is 6.92 Å². The summed E-state index contributed by atoms with van der Waals surface area (Å²) in [4.78, 5) is 30.5. The van der Waals surface area contributed by atoms with E-state index < -0.39 is 17.7 Å². The summed E-state index contributed by atoms with van der Waals surface area (Å²) in [7, 11) is 3.07. The number of Topliss-reactive ketones (excluding diaryl/α,β-unsaturated/α-hetero) is 1. The van der Waals surface area contributed by atoms with Gasteiger partial charge >= 0.3 is 0 Å². The average Bonchev–Trinajstić information content (AvgIpc) is 3.19. The average molecular weight is 525 g/mol. The molecule has 0 unspecified atom stereocenters. The zero-order valence-corrected chi connectivity index (χ0v) is 22.5. The Balaban J connectivity index is 1.77. The van der Waals surface area contributed by atoms with Gasteiger partial charge in [0.15, 0.2) is 11.5 Å². The van der Waals surface area contributed by atoms with Gasteiger partial charge in [-0.15, -0.1) is 0 Å². The number of likely N-dealkylation sites (tertiary alicyclic amines) is 1. The molecule has 1 N–H and O–H groups in total. The Hall–Kier alpha value is -3.56. The number of carbonyl (C=O) groups excluding carboxylic acids is 2. The number of aliphatic hydroxyl groups excluding tert-OH is 1. The van der Waals surface area contributed by atoms with Crippen molar-refractivity contribution < 1.29 is 33.6 Å². The van der Waals surface area contributed by atoms with Crippen LogP contribution in [-0.4, -0.2) is 86.8 Å². The molecule has 2 aliphatic rings. The summed E-state index contributed by atoms with van der Waals surface area (Å²) in [6, 6.07) is 9.80. The maximum Gasteiger partial charge on any atom is 0.295 e. The standard InChI is InChI=1S/C29H36N2O7/c1-5-14-38-21-7-8-22(19(2)17-21)27(32)25-26(20-6-9-23(35-3)24(18-20)36-4)31(29(34)28(25)33)11-10-30-12-15-37-16-13-30/h6-9,17-18,26,32H,5,10-16H2,1-4H3/t26-/m0/s1. The predicted molar refractivity (Wildman–Crippen MR) is 143 cm³/mol. The highest BCUT2D eigenvalue weighted by Gasteiger charge is 2.46. The summed E-state index contributed by atoms with van der Waals surface area (Å²) in [6.45, 7) is 8.15. The number of ether oxygens (including phenoxy) is 4. The van der Waals surface area contributed by atoms with Crippen LogP contribution in [0.2, 0.25) is 0 Å². The van der Waals surface area contributed by atoms with Crippen molar-refractivity contribution in [2.45, 2.75) is 26.3 Å². The Labute approximate surface area is 223 Å². The second kappa shape index (κ2) is 12.3. The smallest absolute Gasteiger partial charge is 0.295 e. The molecule has 2 aliphatic heterocycles. The van der Waals surface area contributed by atoms with Crippen molar-refractivity contribution in [3.63, 3.8) is 0 Å². The molecule has 38 heavy (non-hydrogen) atoms. The van der Waals surface area contributed by atoms with Gasteiger partial charge in [-0.05, 0) is 54.8 Å². The molecule has 0 radical (unpaired) electrons. The Morgan fingerprint density at radius 3 is 2.42 bits per heavy atom. The van der Waals surface area contributed by atoms with Crippen LogP contribution in [0.15, 0.2) is 42.0 Å². The van der Waals surface area contributed by atoms with Crippen molar-refractivity contribution in [2.24, 2.45) is 0 Å². The molecule has 2 fully saturated rings. The van der Waals surface area contributed by atoms with Crippen LogP contribution in [-0.2, 0) is 14.3 Å². The molecule has 9 heteroatoms. The van der Waals surface area contributed by atoms with Crippen molar-refractivity contribution >= 4 is 17.4 Å². The number of amides is 1. The van der Waals surface area contributed by atoms with Crippen molar-refractivity contribution in [3.05, 3.63) is 58.7 Å². The lowest BCUT2D eigenvalue weighted by molar-refractivity contribution is -0.140. The number of morpholine rings is 1. The summed E-state index contributed by atoms with van der Waals surface area (Å²) >= 11 is 0. The van der Waals surface area contributed by atoms with Crippen molar-refractivity contribution in [1.29, 1.82) is 0 Å². The van der Waals surface area contributed by atoms with Gasteiger partial charge < -0.3 is 29.0 Å². The first-order chi connectivity index (χ1) is 18.4. The van der Waals surface area contributed by atoms with Gasteiger partial charge in [0.2, 0.25) is 0 Å². The molecular weight excluding hydrogens is 488 g/mol. The molecule has 9 nitrogen and oxygen atoms in total. The number of benzene rings is 2. The number of hydrogen-bond acceptors (Lipinski definition) is 8. The Kier molecular flexibility index (Phi) is 8.91. The van der Waals surface area contributed by atoms with Crippen LogP contribution in [0.25, 0.3) is 5.76 Å². The summed E-state index contributed by atoms with van der Waals surface area (Å²) in [5.41, 5.74) is 1.91. The normalized spacial score (nSPS) is 19.6. The van der Waals surface area contributed by atoms with Crippen LogP contribution in [0.5, 0.6) is 17.2 Å². The van der Waals surface area contributed by atoms with E-state index in [2.05, 4.69) is 4.90 Å². The van der Waals surface area contributed by atoms with E-state index in [1.54, 1.807) is 42.3 Å². The number of carbonyl (C=O) groups is 2. The second-order valence-corrected chi connectivity index (χ2v) is 9.39. The molecule has 1 amide bonds. The highest BCUT2D eigenvalue weighted by atomic mass is 16.5. The minimum Gasteiger partial charge on any atom is -0.507 e. The molecule has 0 spiro atoms. The fraction of sp³-hybridized carbons (Fsp3) is 0.448. The minimum absolute atomic E-state index is 0.0505. The lowest BCUT2D eigenvalue weighted by Crippen LogP contribution is -2.42. The fourth-order valence-corrected chi connectivity index (χ4v) is 4.91. The lowest BCUT2D eigenvalue weighted by atomic mass is 9.93.